The first kappa shape index (κ1) is 15.7. The maximum absolute atomic E-state index is 12.3. The van der Waals surface area contributed by atoms with E-state index < -0.39 is 10.0 Å². The Bertz CT molecular complexity index is 687. The second-order valence-electron chi connectivity index (χ2n) is 4.36. The lowest BCUT2D eigenvalue weighted by Gasteiger charge is -2.15. The average molecular weight is 423 g/mol. The molecule has 1 aromatic carbocycles. The lowest BCUT2D eigenvalue weighted by molar-refractivity contribution is 0.520. The van der Waals surface area contributed by atoms with Gasteiger partial charge in [0.15, 0.2) is 0 Å². The van der Waals surface area contributed by atoms with Gasteiger partial charge in [-0.05, 0) is 41.1 Å². The summed E-state index contributed by atoms with van der Waals surface area (Å²) in [6, 6.07) is 4.71. The van der Waals surface area contributed by atoms with E-state index in [4.69, 9.17) is 0 Å². The first-order valence-corrected chi connectivity index (χ1v) is 8.88. The fraction of sp³-hybridized carbons (Fsp3) is 0.250. The molecule has 0 aliphatic heterocycles. The van der Waals surface area contributed by atoms with Gasteiger partial charge in [0.2, 0.25) is 10.0 Å². The van der Waals surface area contributed by atoms with Crippen LogP contribution in [-0.2, 0) is 16.6 Å². The molecular weight excluding hydrogens is 410 g/mol. The third kappa shape index (κ3) is 3.91. The summed E-state index contributed by atoms with van der Waals surface area (Å²) in [6.07, 6.45) is 5.10. The van der Waals surface area contributed by atoms with Crippen LogP contribution in [0.25, 0.3) is 0 Å². The molecule has 0 amide bonds. The third-order valence-electron chi connectivity index (χ3n) is 2.58. The zero-order chi connectivity index (χ0) is 14.8. The van der Waals surface area contributed by atoms with E-state index in [1.54, 1.807) is 36.9 Å². The number of imidazole rings is 1. The van der Waals surface area contributed by atoms with Gasteiger partial charge in [0.1, 0.15) is 0 Å². The monoisotopic (exact) mass is 421 g/mol. The molecular formula is C12H13Br2N3O2S. The molecule has 108 valence electrons. The quantitative estimate of drug-likeness (QED) is 0.805. The highest BCUT2D eigenvalue weighted by atomic mass is 79.9. The number of nitrogens with zero attached hydrogens (tertiary/aromatic N) is 2. The van der Waals surface area contributed by atoms with Gasteiger partial charge in [-0.3, -0.25) is 0 Å². The summed E-state index contributed by atoms with van der Waals surface area (Å²) >= 11 is 6.57. The maximum atomic E-state index is 12.3. The molecule has 8 heteroatoms. The van der Waals surface area contributed by atoms with Crippen LogP contribution >= 0.6 is 31.9 Å². The minimum absolute atomic E-state index is 0.221. The lowest BCUT2D eigenvalue weighted by Crippen LogP contribution is -2.35. The zero-order valence-electron chi connectivity index (χ0n) is 10.6. The second kappa shape index (κ2) is 6.38. The van der Waals surface area contributed by atoms with Crippen molar-refractivity contribution in [2.24, 2.45) is 0 Å². The van der Waals surface area contributed by atoms with E-state index >= 15 is 0 Å². The van der Waals surface area contributed by atoms with Crippen LogP contribution in [0.5, 0.6) is 0 Å². The van der Waals surface area contributed by atoms with E-state index in [2.05, 4.69) is 41.6 Å². The van der Waals surface area contributed by atoms with Gasteiger partial charge >= 0.3 is 0 Å². The second-order valence-corrected chi connectivity index (χ2v) is 7.81. The standard InChI is InChI=1S/C12H13Br2N3O2S/c1-9(7-17-5-4-15-8-17)16-20(18,19)12-3-2-10(13)6-11(12)14/h2-6,8-9,16H,7H2,1H3. The predicted octanol–water partition coefficient (Wildman–Crippen LogP) is 2.78. The molecule has 1 atom stereocenters. The Morgan fingerprint density at radius 1 is 1.40 bits per heavy atom. The van der Waals surface area contributed by atoms with Crippen molar-refractivity contribution in [1.82, 2.24) is 14.3 Å². The fourth-order valence-corrected chi connectivity index (χ4v) is 4.75. The number of sulfonamides is 1. The Morgan fingerprint density at radius 3 is 2.75 bits per heavy atom. The number of halogens is 2. The minimum Gasteiger partial charge on any atom is -0.336 e. The Morgan fingerprint density at radius 2 is 2.15 bits per heavy atom. The Labute approximate surface area is 134 Å². The number of hydrogen-bond acceptors (Lipinski definition) is 3. The van der Waals surface area contributed by atoms with Crippen molar-refractivity contribution >= 4 is 41.9 Å². The smallest absolute Gasteiger partial charge is 0.241 e. The molecule has 0 aliphatic rings. The molecule has 5 nitrogen and oxygen atoms in total. The summed E-state index contributed by atoms with van der Waals surface area (Å²) in [5.74, 6) is 0. The molecule has 0 fully saturated rings. The normalized spacial score (nSPS) is 13.3. The summed E-state index contributed by atoms with van der Waals surface area (Å²) < 4.78 is 30.5. The molecule has 1 aromatic heterocycles. The van der Waals surface area contributed by atoms with Crippen molar-refractivity contribution < 1.29 is 8.42 Å². The van der Waals surface area contributed by atoms with Crippen LogP contribution in [0.1, 0.15) is 6.92 Å². The van der Waals surface area contributed by atoms with Gasteiger partial charge in [0, 0.05) is 33.9 Å². The van der Waals surface area contributed by atoms with Crippen LogP contribution in [0.15, 0.2) is 50.8 Å². The van der Waals surface area contributed by atoms with E-state index in [-0.39, 0.29) is 10.9 Å². The molecule has 1 N–H and O–H groups in total. The third-order valence-corrected chi connectivity index (χ3v) is 5.64. The van der Waals surface area contributed by atoms with Crippen LogP contribution < -0.4 is 4.72 Å². The van der Waals surface area contributed by atoms with E-state index in [1.807, 2.05) is 11.5 Å². The van der Waals surface area contributed by atoms with Crippen molar-refractivity contribution in [1.29, 1.82) is 0 Å². The van der Waals surface area contributed by atoms with Gasteiger partial charge in [-0.25, -0.2) is 18.1 Å². The highest BCUT2D eigenvalue weighted by molar-refractivity contribution is 9.11. The number of benzene rings is 1. The molecule has 0 spiro atoms. The molecule has 0 saturated heterocycles. The molecule has 20 heavy (non-hydrogen) atoms. The van der Waals surface area contributed by atoms with Crippen LogP contribution in [-0.4, -0.2) is 24.0 Å². The summed E-state index contributed by atoms with van der Waals surface area (Å²) in [5.41, 5.74) is 0. The molecule has 2 rings (SSSR count). The molecule has 1 unspecified atom stereocenters. The fourth-order valence-electron chi connectivity index (χ4n) is 1.77. The first-order valence-electron chi connectivity index (χ1n) is 5.81. The maximum Gasteiger partial charge on any atom is 0.241 e. The van der Waals surface area contributed by atoms with E-state index in [0.29, 0.717) is 11.0 Å². The SMILES string of the molecule is CC(Cn1ccnc1)NS(=O)(=O)c1ccc(Br)cc1Br. The average Bonchev–Trinajstić information content (AvgIpc) is 2.79. The van der Waals surface area contributed by atoms with Crippen LogP contribution in [0.2, 0.25) is 0 Å². The topological polar surface area (TPSA) is 64.0 Å². The van der Waals surface area contributed by atoms with Crippen molar-refractivity contribution in [3.8, 4) is 0 Å². The van der Waals surface area contributed by atoms with E-state index in [0.717, 1.165) is 4.47 Å². The van der Waals surface area contributed by atoms with E-state index in [1.165, 1.54) is 0 Å². The van der Waals surface area contributed by atoms with Gasteiger partial charge in [0.25, 0.3) is 0 Å². The lowest BCUT2D eigenvalue weighted by atomic mass is 10.4. The van der Waals surface area contributed by atoms with Crippen molar-refractivity contribution in [3.05, 3.63) is 45.9 Å². The van der Waals surface area contributed by atoms with Crippen molar-refractivity contribution in [3.63, 3.8) is 0 Å². The Kier molecular flexibility index (Phi) is 5.00. The molecule has 0 bridgehead atoms. The van der Waals surface area contributed by atoms with Gasteiger partial charge < -0.3 is 4.57 Å². The Hall–Kier alpha value is -0.700. The van der Waals surface area contributed by atoms with Crippen molar-refractivity contribution in [2.75, 3.05) is 0 Å². The van der Waals surface area contributed by atoms with Crippen LogP contribution in [0.4, 0.5) is 0 Å². The van der Waals surface area contributed by atoms with Crippen molar-refractivity contribution in [2.45, 2.75) is 24.4 Å². The number of hydrogen-bond donors (Lipinski definition) is 1. The number of aromatic nitrogens is 2. The van der Waals surface area contributed by atoms with Crippen LogP contribution in [0.3, 0.4) is 0 Å². The highest BCUT2D eigenvalue weighted by Crippen LogP contribution is 2.25. The van der Waals surface area contributed by atoms with Gasteiger partial charge in [0.05, 0.1) is 11.2 Å². The zero-order valence-corrected chi connectivity index (χ0v) is 14.6. The molecule has 0 radical (unpaired) electrons. The molecule has 0 aliphatic carbocycles. The first-order chi connectivity index (χ1) is 9.38. The minimum atomic E-state index is -3.56. The summed E-state index contributed by atoms with van der Waals surface area (Å²) in [4.78, 5) is 4.15. The molecule has 1 heterocycles. The van der Waals surface area contributed by atoms with Crippen LogP contribution in [0, 0.1) is 0 Å². The summed E-state index contributed by atoms with van der Waals surface area (Å²) in [7, 11) is -3.56. The summed E-state index contributed by atoms with van der Waals surface area (Å²) in [5, 5.41) is 0. The van der Waals surface area contributed by atoms with Gasteiger partial charge in [-0.2, -0.15) is 0 Å². The van der Waals surface area contributed by atoms with Gasteiger partial charge in [-0.15, -0.1) is 0 Å². The summed E-state index contributed by atoms with van der Waals surface area (Å²) in [6.45, 7) is 2.33. The molecule has 0 saturated carbocycles. The largest absolute Gasteiger partial charge is 0.336 e. The van der Waals surface area contributed by atoms with Gasteiger partial charge in [-0.1, -0.05) is 15.9 Å². The molecule has 2 aromatic rings. The highest BCUT2D eigenvalue weighted by Gasteiger charge is 2.20. The number of rotatable bonds is 5. The van der Waals surface area contributed by atoms with E-state index in [9.17, 15) is 8.42 Å². The predicted molar refractivity (Wildman–Crippen MR) is 83.9 cm³/mol. The Balaban J connectivity index is 2.14. The number of nitrogens with one attached hydrogen (secondary N) is 1.